The van der Waals surface area contributed by atoms with Gasteiger partial charge in [-0.25, -0.2) is 4.39 Å². The number of nitrogens with two attached hydrogens (primary N) is 1. The number of fused-ring (bicyclic) bond motifs is 1. The van der Waals surface area contributed by atoms with E-state index in [1.54, 1.807) is 12.1 Å². The van der Waals surface area contributed by atoms with E-state index in [1.165, 1.54) is 18.3 Å². The quantitative estimate of drug-likeness (QED) is 0.903. The van der Waals surface area contributed by atoms with Crippen molar-refractivity contribution < 1.29 is 14.0 Å². The number of nitrogens with one attached hydrogen (secondary N) is 1. The van der Waals surface area contributed by atoms with Crippen molar-refractivity contribution in [2.24, 2.45) is 17.6 Å². The van der Waals surface area contributed by atoms with E-state index >= 15 is 0 Å². The second kappa shape index (κ2) is 6.95. The predicted octanol–water partition coefficient (Wildman–Crippen LogP) is 2.40. The number of carbonyl (C=O) groups excluding carboxylic acids is 2. The highest BCUT2D eigenvalue weighted by Crippen LogP contribution is 2.28. The minimum atomic E-state index is -0.354. The lowest BCUT2D eigenvalue weighted by Crippen LogP contribution is -2.33. The number of rotatable bonds is 4. The fourth-order valence-corrected chi connectivity index (χ4v) is 3.22. The molecule has 0 aliphatic heterocycles. The van der Waals surface area contributed by atoms with Gasteiger partial charge in [0.15, 0.2) is 0 Å². The molecule has 3 rings (SSSR count). The highest BCUT2D eigenvalue weighted by atomic mass is 19.1. The van der Waals surface area contributed by atoms with Gasteiger partial charge < -0.3 is 11.1 Å². The van der Waals surface area contributed by atoms with Gasteiger partial charge in [-0.3, -0.25) is 14.6 Å². The maximum absolute atomic E-state index is 13.3. The number of benzene rings is 1. The minimum absolute atomic E-state index is 0.0310. The first kappa shape index (κ1) is 16.4. The number of hydrogen-bond acceptors (Lipinski definition) is 3. The van der Waals surface area contributed by atoms with E-state index in [-0.39, 0.29) is 23.5 Å². The Hall–Kier alpha value is -2.50. The van der Waals surface area contributed by atoms with Crippen LogP contribution in [0, 0.1) is 17.7 Å². The summed E-state index contributed by atoms with van der Waals surface area (Å²) in [6, 6.07) is 5.94. The van der Waals surface area contributed by atoms with Crippen LogP contribution < -0.4 is 11.1 Å². The second-order valence-corrected chi connectivity index (χ2v) is 6.39. The lowest BCUT2D eigenvalue weighted by molar-refractivity contribution is -0.122. The molecule has 2 amide bonds. The van der Waals surface area contributed by atoms with E-state index in [2.05, 4.69) is 10.3 Å². The Bertz CT molecular complexity index is 770. The highest BCUT2D eigenvalue weighted by Gasteiger charge is 2.24. The van der Waals surface area contributed by atoms with Crippen molar-refractivity contribution >= 4 is 22.7 Å². The third kappa shape index (κ3) is 3.69. The Morgan fingerprint density at radius 1 is 1.21 bits per heavy atom. The molecule has 6 heteroatoms. The highest BCUT2D eigenvalue weighted by molar-refractivity contribution is 5.97. The molecule has 1 aliphatic carbocycles. The average molecular weight is 329 g/mol. The Morgan fingerprint density at radius 2 is 1.96 bits per heavy atom. The molecular weight excluding hydrogens is 309 g/mol. The van der Waals surface area contributed by atoms with Crippen LogP contribution in [0.15, 0.2) is 30.5 Å². The van der Waals surface area contributed by atoms with Crippen LogP contribution in [0.3, 0.4) is 0 Å². The van der Waals surface area contributed by atoms with Gasteiger partial charge in [-0.05, 0) is 55.9 Å². The summed E-state index contributed by atoms with van der Waals surface area (Å²) in [5, 5.41) is 3.50. The maximum Gasteiger partial charge on any atom is 0.252 e. The largest absolute Gasteiger partial charge is 0.369 e. The summed E-state index contributed by atoms with van der Waals surface area (Å²) >= 11 is 0. The number of aromatic nitrogens is 1. The molecule has 2 aromatic rings. The number of hydrogen-bond donors (Lipinski definition) is 2. The van der Waals surface area contributed by atoms with Gasteiger partial charge in [0.1, 0.15) is 5.82 Å². The molecule has 0 unspecified atom stereocenters. The molecule has 24 heavy (non-hydrogen) atoms. The topological polar surface area (TPSA) is 85.1 Å². The molecule has 1 aliphatic rings. The van der Waals surface area contributed by atoms with E-state index < -0.39 is 0 Å². The first-order valence-corrected chi connectivity index (χ1v) is 8.16. The summed E-state index contributed by atoms with van der Waals surface area (Å²) in [6.07, 6.45) is 4.84. The number of carbonyl (C=O) groups is 2. The molecule has 0 spiro atoms. The van der Waals surface area contributed by atoms with Gasteiger partial charge >= 0.3 is 0 Å². The van der Waals surface area contributed by atoms with Gasteiger partial charge in [0, 0.05) is 24.0 Å². The summed E-state index contributed by atoms with van der Waals surface area (Å²) in [5.74, 6) is -0.474. The fraction of sp³-hybridized carbons (Fsp3) is 0.389. The summed E-state index contributed by atoms with van der Waals surface area (Å²) in [6.45, 7) is 0.561. The molecular formula is C18H20FN3O2. The minimum Gasteiger partial charge on any atom is -0.369 e. The Kier molecular flexibility index (Phi) is 4.74. The summed E-state index contributed by atoms with van der Waals surface area (Å²) < 4.78 is 13.3. The van der Waals surface area contributed by atoms with E-state index in [0.29, 0.717) is 28.9 Å². The summed E-state index contributed by atoms with van der Waals surface area (Å²) in [7, 11) is 0. The van der Waals surface area contributed by atoms with Crippen LogP contribution >= 0.6 is 0 Å². The van der Waals surface area contributed by atoms with Crippen LogP contribution in [-0.4, -0.2) is 23.3 Å². The molecule has 5 nitrogen and oxygen atoms in total. The molecule has 1 aromatic heterocycles. The number of amides is 2. The first-order chi connectivity index (χ1) is 11.5. The van der Waals surface area contributed by atoms with Gasteiger partial charge in [0.05, 0.1) is 11.1 Å². The van der Waals surface area contributed by atoms with E-state index in [9.17, 15) is 14.0 Å². The van der Waals surface area contributed by atoms with Crippen LogP contribution in [0.25, 0.3) is 10.9 Å². The molecule has 1 aromatic carbocycles. The maximum atomic E-state index is 13.3. The third-order valence-electron chi connectivity index (χ3n) is 4.71. The number of nitrogens with zero attached hydrogens (tertiary/aromatic N) is 1. The molecule has 126 valence electrons. The Balaban J connectivity index is 1.58. The standard InChI is InChI=1S/C18H20FN3O2/c19-15-5-6-16-13(8-15)7-14(10-21-16)18(24)22-9-11-1-3-12(4-2-11)17(20)23/h5-8,10-12H,1-4,9H2,(H2,20,23)(H,22,24). The van der Waals surface area contributed by atoms with Crippen molar-refractivity contribution in [3.8, 4) is 0 Å². The van der Waals surface area contributed by atoms with Crippen molar-refractivity contribution in [3.05, 3.63) is 41.8 Å². The summed E-state index contributed by atoms with van der Waals surface area (Å²) in [5.41, 5.74) is 6.39. The average Bonchev–Trinajstić information content (AvgIpc) is 2.59. The molecule has 0 bridgehead atoms. The third-order valence-corrected chi connectivity index (χ3v) is 4.71. The van der Waals surface area contributed by atoms with E-state index in [1.807, 2.05) is 0 Å². The van der Waals surface area contributed by atoms with Crippen LogP contribution in [0.5, 0.6) is 0 Å². The second-order valence-electron chi connectivity index (χ2n) is 6.39. The Morgan fingerprint density at radius 3 is 2.67 bits per heavy atom. The fourth-order valence-electron chi connectivity index (χ4n) is 3.22. The van der Waals surface area contributed by atoms with Crippen molar-refractivity contribution in [3.63, 3.8) is 0 Å². The van der Waals surface area contributed by atoms with Crippen LogP contribution in [0.2, 0.25) is 0 Å². The van der Waals surface area contributed by atoms with Crippen molar-refractivity contribution in [1.29, 1.82) is 0 Å². The zero-order chi connectivity index (χ0) is 17.1. The number of primary amides is 1. The zero-order valence-corrected chi connectivity index (χ0v) is 13.3. The monoisotopic (exact) mass is 329 g/mol. The lowest BCUT2D eigenvalue weighted by Gasteiger charge is -2.26. The number of pyridine rings is 1. The van der Waals surface area contributed by atoms with Gasteiger partial charge in [-0.15, -0.1) is 0 Å². The van der Waals surface area contributed by atoms with Gasteiger partial charge in [0.2, 0.25) is 5.91 Å². The molecule has 0 radical (unpaired) electrons. The molecule has 0 atom stereocenters. The SMILES string of the molecule is NC(=O)C1CCC(CNC(=O)c2cnc3ccc(F)cc3c2)CC1. The van der Waals surface area contributed by atoms with Crippen LogP contribution in [0.4, 0.5) is 4.39 Å². The van der Waals surface area contributed by atoms with Gasteiger partial charge in [-0.2, -0.15) is 0 Å². The van der Waals surface area contributed by atoms with Crippen LogP contribution in [-0.2, 0) is 4.79 Å². The molecule has 1 heterocycles. The zero-order valence-electron chi connectivity index (χ0n) is 13.3. The van der Waals surface area contributed by atoms with E-state index in [0.717, 1.165) is 25.7 Å². The van der Waals surface area contributed by atoms with Gasteiger partial charge in [-0.1, -0.05) is 0 Å². The molecule has 3 N–H and O–H groups in total. The van der Waals surface area contributed by atoms with Crippen molar-refractivity contribution in [2.75, 3.05) is 6.54 Å². The first-order valence-electron chi connectivity index (χ1n) is 8.16. The van der Waals surface area contributed by atoms with Gasteiger partial charge in [0.25, 0.3) is 5.91 Å². The van der Waals surface area contributed by atoms with Crippen molar-refractivity contribution in [1.82, 2.24) is 10.3 Å². The smallest absolute Gasteiger partial charge is 0.252 e. The normalized spacial score (nSPS) is 20.7. The number of halogens is 1. The summed E-state index contributed by atoms with van der Waals surface area (Å²) in [4.78, 5) is 27.6. The Labute approximate surface area is 139 Å². The molecule has 0 saturated heterocycles. The van der Waals surface area contributed by atoms with E-state index in [4.69, 9.17) is 5.73 Å². The lowest BCUT2D eigenvalue weighted by atomic mass is 9.81. The van der Waals surface area contributed by atoms with Crippen molar-refractivity contribution in [2.45, 2.75) is 25.7 Å². The predicted molar refractivity (Wildman–Crippen MR) is 88.7 cm³/mol. The molecule has 1 saturated carbocycles. The molecule has 1 fully saturated rings. The van der Waals surface area contributed by atoms with Crippen LogP contribution in [0.1, 0.15) is 36.0 Å².